The van der Waals surface area contributed by atoms with E-state index in [4.69, 9.17) is 0 Å². The summed E-state index contributed by atoms with van der Waals surface area (Å²) in [7, 11) is -2.14. The van der Waals surface area contributed by atoms with Crippen LogP contribution in [0.15, 0.2) is 41.6 Å². The van der Waals surface area contributed by atoms with Gasteiger partial charge >= 0.3 is 0 Å². The Balaban J connectivity index is 1.96. The highest BCUT2D eigenvalue weighted by Gasteiger charge is 2.17. The Labute approximate surface area is 141 Å². The van der Waals surface area contributed by atoms with Gasteiger partial charge in [0.15, 0.2) is 0 Å². The number of benzene rings is 1. The van der Waals surface area contributed by atoms with Gasteiger partial charge in [-0.3, -0.25) is 9.48 Å². The molecule has 0 spiro atoms. The number of nitrogens with zero attached hydrogens (tertiary/aromatic N) is 2. The first kappa shape index (κ1) is 18.1. The van der Waals surface area contributed by atoms with Gasteiger partial charge in [-0.05, 0) is 18.2 Å². The molecule has 2 aromatic rings. The Kier molecular flexibility index (Phi) is 6.07. The molecule has 1 amide bonds. The van der Waals surface area contributed by atoms with Crippen molar-refractivity contribution in [3.63, 3.8) is 0 Å². The molecule has 1 aromatic heterocycles. The third kappa shape index (κ3) is 4.88. The molecular formula is C15H21N5O3S. The fraction of sp³-hybridized carbons (Fsp3) is 0.333. The van der Waals surface area contributed by atoms with E-state index in [1.807, 2.05) is 25.1 Å². The topological polar surface area (TPSA) is 105 Å². The molecule has 1 heterocycles. The Bertz CT molecular complexity index is 801. The minimum atomic E-state index is -3.76. The highest BCUT2D eigenvalue weighted by molar-refractivity contribution is 7.89. The summed E-state index contributed by atoms with van der Waals surface area (Å²) in [5.41, 5.74) is 1.59. The van der Waals surface area contributed by atoms with Crippen LogP contribution < -0.4 is 15.4 Å². The summed E-state index contributed by atoms with van der Waals surface area (Å²) in [6.07, 6.45) is 2.60. The lowest BCUT2D eigenvalue weighted by Crippen LogP contribution is -2.33. The second-order valence-electron chi connectivity index (χ2n) is 5.16. The summed E-state index contributed by atoms with van der Waals surface area (Å²) in [4.78, 5) is 12.1. The van der Waals surface area contributed by atoms with Crippen molar-refractivity contribution in [2.75, 3.05) is 18.4 Å². The van der Waals surface area contributed by atoms with Gasteiger partial charge in [-0.2, -0.15) is 5.10 Å². The summed E-state index contributed by atoms with van der Waals surface area (Å²) in [6, 6.07) is 7.37. The van der Waals surface area contributed by atoms with Crippen LogP contribution >= 0.6 is 0 Å². The highest BCUT2D eigenvalue weighted by atomic mass is 32.2. The maximum absolute atomic E-state index is 12.1. The first-order valence-corrected chi connectivity index (χ1v) is 8.97. The lowest BCUT2D eigenvalue weighted by Gasteiger charge is -2.11. The maximum Gasteiger partial charge on any atom is 0.244 e. The summed E-state index contributed by atoms with van der Waals surface area (Å²) in [6.45, 7) is 3.07. The maximum atomic E-state index is 12.1. The van der Waals surface area contributed by atoms with Crippen LogP contribution in [0.3, 0.4) is 0 Å². The normalized spacial score (nSPS) is 11.4. The molecule has 2 rings (SSSR count). The van der Waals surface area contributed by atoms with Crippen molar-refractivity contribution in [2.45, 2.75) is 18.4 Å². The van der Waals surface area contributed by atoms with Crippen LogP contribution in [0.5, 0.6) is 0 Å². The molecule has 130 valence electrons. The average molecular weight is 351 g/mol. The molecule has 1 aromatic carbocycles. The van der Waals surface area contributed by atoms with Crippen LogP contribution in [0.4, 0.5) is 5.69 Å². The Hall–Kier alpha value is -2.23. The van der Waals surface area contributed by atoms with Crippen molar-refractivity contribution in [1.29, 1.82) is 0 Å². The number of rotatable bonds is 8. The standard InChI is InChI=1S/C15H21N5O3S/c1-3-16-8-12-6-4-5-7-14(12)19-15(21)10-18-24(22,23)13-9-17-20(2)11-13/h4-7,9,11,16,18H,3,8,10H2,1-2H3,(H,19,21). The van der Waals surface area contributed by atoms with Crippen molar-refractivity contribution in [3.05, 3.63) is 42.2 Å². The first-order chi connectivity index (χ1) is 11.4. The molecule has 0 atom stereocenters. The SMILES string of the molecule is CCNCc1ccccc1NC(=O)CNS(=O)(=O)c1cnn(C)c1. The summed E-state index contributed by atoms with van der Waals surface area (Å²) in [5.74, 6) is -0.439. The molecule has 8 nitrogen and oxygen atoms in total. The molecule has 0 radical (unpaired) electrons. The van der Waals surface area contributed by atoms with Crippen LogP contribution in [0.25, 0.3) is 0 Å². The fourth-order valence-electron chi connectivity index (χ4n) is 2.03. The second-order valence-corrected chi connectivity index (χ2v) is 6.93. The summed E-state index contributed by atoms with van der Waals surface area (Å²) < 4.78 is 27.8. The molecule has 0 bridgehead atoms. The molecule has 0 unspecified atom stereocenters. The minimum Gasteiger partial charge on any atom is -0.325 e. The number of aryl methyl sites for hydroxylation is 1. The molecule has 0 saturated carbocycles. The van der Waals surface area contributed by atoms with Crippen LogP contribution in [-0.4, -0.2) is 37.2 Å². The van der Waals surface area contributed by atoms with Gasteiger partial charge < -0.3 is 10.6 Å². The Morgan fingerprint density at radius 2 is 2.04 bits per heavy atom. The van der Waals surface area contributed by atoms with Gasteiger partial charge in [0.2, 0.25) is 15.9 Å². The smallest absolute Gasteiger partial charge is 0.244 e. The lowest BCUT2D eigenvalue weighted by atomic mass is 10.1. The van der Waals surface area contributed by atoms with Gasteiger partial charge in [0.05, 0.1) is 12.7 Å². The van der Waals surface area contributed by atoms with E-state index in [9.17, 15) is 13.2 Å². The predicted octanol–water partition coefficient (Wildman–Crippen LogP) is 0.447. The molecule has 9 heteroatoms. The van der Waals surface area contributed by atoms with Gasteiger partial charge in [0, 0.05) is 25.5 Å². The summed E-state index contributed by atoms with van der Waals surface area (Å²) >= 11 is 0. The van der Waals surface area contributed by atoms with Crippen LogP contribution in [0, 0.1) is 0 Å². The zero-order chi connectivity index (χ0) is 17.6. The van der Waals surface area contributed by atoms with Crippen LogP contribution in [-0.2, 0) is 28.4 Å². The number of aromatic nitrogens is 2. The fourth-order valence-corrected chi connectivity index (χ4v) is 3.00. The van der Waals surface area contributed by atoms with Crippen LogP contribution in [0.1, 0.15) is 12.5 Å². The molecule has 0 aliphatic carbocycles. The number of sulfonamides is 1. The minimum absolute atomic E-state index is 0.0188. The lowest BCUT2D eigenvalue weighted by molar-refractivity contribution is -0.115. The third-order valence-electron chi connectivity index (χ3n) is 3.27. The van der Waals surface area contributed by atoms with Crippen molar-refractivity contribution in [3.8, 4) is 0 Å². The van der Waals surface area contributed by atoms with E-state index in [0.29, 0.717) is 12.2 Å². The third-order valence-corrected chi connectivity index (χ3v) is 4.63. The molecule has 0 saturated heterocycles. The van der Waals surface area contributed by atoms with E-state index in [-0.39, 0.29) is 11.4 Å². The molecular weight excluding hydrogens is 330 g/mol. The Morgan fingerprint density at radius 3 is 2.71 bits per heavy atom. The first-order valence-electron chi connectivity index (χ1n) is 7.49. The van der Waals surface area contributed by atoms with Crippen molar-refractivity contribution in [2.24, 2.45) is 7.05 Å². The van der Waals surface area contributed by atoms with Gasteiger partial charge in [0.1, 0.15) is 4.90 Å². The number of para-hydroxylation sites is 1. The zero-order valence-electron chi connectivity index (χ0n) is 13.6. The predicted molar refractivity (Wildman–Crippen MR) is 90.8 cm³/mol. The molecule has 3 N–H and O–H groups in total. The van der Waals surface area contributed by atoms with Gasteiger partial charge in [-0.15, -0.1) is 0 Å². The van der Waals surface area contributed by atoms with E-state index < -0.39 is 15.9 Å². The number of hydrogen-bond acceptors (Lipinski definition) is 5. The Morgan fingerprint density at radius 1 is 1.29 bits per heavy atom. The van der Waals surface area contributed by atoms with Crippen molar-refractivity contribution < 1.29 is 13.2 Å². The van der Waals surface area contributed by atoms with Gasteiger partial charge in [0.25, 0.3) is 0 Å². The number of amides is 1. The van der Waals surface area contributed by atoms with E-state index in [1.165, 1.54) is 17.1 Å². The van der Waals surface area contributed by atoms with Crippen LogP contribution in [0.2, 0.25) is 0 Å². The highest BCUT2D eigenvalue weighted by Crippen LogP contribution is 2.14. The van der Waals surface area contributed by atoms with E-state index in [0.717, 1.165) is 12.1 Å². The second kappa shape index (κ2) is 8.04. The monoisotopic (exact) mass is 351 g/mol. The number of carbonyl (C=O) groups excluding carboxylic acids is 1. The molecule has 0 fully saturated rings. The molecule has 0 aliphatic heterocycles. The van der Waals surface area contributed by atoms with E-state index in [1.54, 1.807) is 13.1 Å². The largest absolute Gasteiger partial charge is 0.325 e. The quantitative estimate of drug-likeness (QED) is 0.640. The number of anilines is 1. The number of nitrogens with one attached hydrogen (secondary N) is 3. The number of hydrogen-bond donors (Lipinski definition) is 3. The summed E-state index contributed by atoms with van der Waals surface area (Å²) in [5, 5.41) is 9.72. The average Bonchev–Trinajstić information content (AvgIpc) is 3.00. The molecule has 0 aliphatic rings. The van der Waals surface area contributed by atoms with E-state index >= 15 is 0 Å². The van der Waals surface area contributed by atoms with Gasteiger partial charge in [-0.1, -0.05) is 25.1 Å². The number of carbonyl (C=O) groups is 1. The molecule has 24 heavy (non-hydrogen) atoms. The van der Waals surface area contributed by atoms with Crippen molar-refractivity contribution >= 4 is 21.6 Å². The van der Waals surface area contributed by atoms with Crippen molar-refractivity contribution in [1.82, 2.24) is 19.8 Å². The van der Waals surface area contributed by atoms with Gasteiger partial charge in [-0.25, -0.2) is 13.1 Å². The zero-order valence-corrected chi connectivity index (χ0v) is 14.4. The van der Waals surface area contributed by atoms with E-state index in [2.05, 4.69) is 20.5 Å².